The van der Waals surface area contributed by atoms with Crippen LogP contribution in [0.5, 0.6) is 0 Å². The largest absolute Gasteiger partial charge is 0.478 e. The maximum Gasteiger partial charge on any atom is 0.345 e. The summed E-state index contributed by atoms with van der Waals surface area (Å²) in [5.74, 6) is -3.19. The van der Waals surface area contributed by atoms with E-state index in [2.05, 4.69) is 5.32 Å². The van der Waals surface area contributed by atoms with E-state index in [0.717, 1.165) is 0 Å². The van der Waals surface area contributed by atoms with Gasteiger partial charge in [-0.3, -0.25) is 13.8 Å². The van der Waals surface area contributed by atoms with Crippen molar-refractivity contribution in [3.63, 3.8) is 0 Å². The van der Waals surface area contributed by atoms with Gasteiger partial charge in [-0.2, -0.15) is 8.42 Å². The number of hydrogen-bond donors (Lipinski definition) is 2. The topological polar surface area (TPSA) is 136 Å². The predicted octanol–water partition coefficient (Wildman–Crippen LogP) is 0.538. The molecule has 0 fully saturated rings. The van der Waals surface area contributed by atoms with Gasteiger partial charge in [0.1, 0.15) is 0 Å². The number of carboxylic acids is 1. The molecule has 0 saturated heterocycles. The fourth-order valence-corrected chi connectivity index (χ4v) is 2.79. The van der Waals surface area contributed by atoms with Crippen LogP contribution < -0.4 is 5.32 Å². The van der Waals surface area contributed by atoms with Gasteiger partial charge in [0.25, 0.3) is 10.1 Å². The van der Waals surface area contributed by atoms with Crippen molar-refractivity contribution in [3.05, 3.63) is 0 Å². The molecule has 0 unspecified atom stereocenters. The minimum absolute atomic E-state index is 0.160. The Hall–Kier alpha value is -1.68. The number of amides is 1. The number of carbonyl (C=O) groups excluding carboxylic acids is 2. The molecule has 10 heteroatoms. The van der Waals surface area contributed by atoms with Gasteiger partial charge < -0.3 is 15.2 Å². The third-order valence-electron chi connectivity index (χ3n) is 3.20. The van der Waals surface area contributed by atoms with Gasteiger partial charge in [0.2, 0.25) is 12.0 Å². The second kappa shape index (κ2) is 9.71. The number of carbonyl (C=O) groups is 3. The first-order chi connectivity index (χ1) is 11.3. The maximum absolute atomic E-state index is 11.9. The zero-order valence-corrected chi connectivity index (χ0v) is 16.0. The van der Waals surface area contributed by atoms with E-state index in [1.54, 1.807) is 13.8 Å². The second-order valence-corrected chi connectivity index (χ2v) is 8.42. The molecule has 0 bridgehead atoms. The summed E-state index contributed by atoms with van der Waals surface area (Å²) in [5.41, 5.74) is -1.26. The Balaban J connectivity index is 4.76. The first-order valence-electron chi connectivity index (χ1n) is 7.83. The molecule has 0 heterocycles. The van der Waals surface area contributed by atoms with Gasteiger partial charge in [0.05, 0.1) is 18.3 Å². The fraction of sp³-hybridized carbons (Fsp3) is 0.800. The van der Waals surface area contributed by atoms with Crippen molar-refractivity contribution < 1.29 is 36.8 Å². The smallest absolute Gasteiger partial charge is 0.345 e. The molecule has 0 aromatic rings. The summed E-state index contributed by atoms with van der Waals surface area (Å²) in [6.45, 7) is 7.04. The van der Waals surface area contributed by atoms with Crippen molar-refractivity contribution >= 4 is 28.0 Å². The number of hydrogen-bond acceptors (Lipinski definition) is 7. The van der Waals surface area contributed by atoms with Crippen LogP contribution in [0.2, 0.25) is 0 Å². The van der Waals surface area contributed by atoms with E-state index in [4.69, 9.17) is 8.92 Å². The van der Waals surface area contributed by atoms with E-state index < -0.39 is 46.1 Å². The summed E-state index contributed by atoms with van der Waals surface area (Å²) in [4.78, 5) is 33.7. The molecule has 0 aromatic carbocycles. The highest BCUT2D eigenvalue weighted by Gasteiger charge is 2.40. The summed E-state index contributed by atoms with van der Waals surface area (Å²) in [6.07, 6.45) is -1.38. The van der Waals surface area contributed by atoms with Crippen molar-refractivity contribution in [1.29, 1.82) is 0 Å². The highest BCUT2D eigenvalue weighted by molar-refractivity contribution is 7.86. The Kier molecular flexibility index (Phi) is 9.06. The fourth-order valence-electron chi connectivity index (χ4n) is 1.69. The Bertz CT molecular complexity index is 582. The van der Waals surface area contributed by atoms with E-state index >= 15 is 0 Å². The molecule has 1 amide bonds. The number of rotatable bonds is 11. The molecule has 25 heavy (non-hydrogen) atoms. The lowest BCUT2D eigenvalue weighted by atomic mass is 9.87. The highest BCUT2D eigenvalue weighted by Crippen LogP contribution is 2.26. The molecule has 0 aliphatic carbocycles. The molecule has 0 radical (unpaired) electrons. The molecule has 0 spiro atoms. The summed E-state index contributed by atoms with van der Waals surface area (Å²) >= 11 is 0. The highest BCUT2D eigenvalue weighted by atomic mass is 32.2. The standard InChI is InChI=1S/C15H27NO8S/c1-10(2)14(20)24-12(13(18)19)15(4,5)9-23-25(21,22)8-6-7-16-11(3)17/h10,12H,6-9H2,1-5H3,(H,16,17)(H,18,19)/t12-/m0/s1. The minimum atomic E-state index is -3.90. The number of nitrogens with one attached hydrogen (secondary N) is 1. The van der Waals surface area contributed by atoms with Crippen molar-refractivity contribution in [2.24, 2.45) is 11.3 Å². The normalized spacial score (nSPS) is 13.4. The zero-order chi connectivity index (χ0) is 19.8. The van der Waals surface area contributed by atoms with E-state index in [9.17, 15) is 27.9 Å². The van der Waals surface area contributed by atoms with Crippen LogP contribution in [0.4, 0.5) is 0 Å². The lowest BCUT2D eigenvalue weighted by molar-refractivity contribution is -0.176. The number of carboxylic acid groups (broad SMARTS) is 1. The van der Waals surface area contributed by atoms with Crippen LogP contribution in [0.15, 0.2) is 0 Å². The van der Waals surface area contributed by atoms with Gasteiger partial charge in [-0.25, -0.2) is 4.79 Å². The molecule has 0 saturated carbocycles. The third-order valence-corrected chi connectivity index (χ3v) is 4.46. The van der Waals surface area contributed by atoms with Crippen LogP contribution in [0.3, 0.4) is 0 Å². The van der Waals surface area contributed by atoms with Crippen molar-refractivity contribution in [3.8, 4) is 0 Å². The zero-order valence-electron chi connectivity index (χ0n) is 15.2. The lowest BCUT2D eigenvalue weighted by Gasteiger charge is -2.30. The summed E-state index contributed by atoms with van der Waals surface area (Å²) < 4.78 is 33.6. The molecule has 1 atom stereocenters. The average Bonchev–Trinajstić information content (AvgIpc) is 2.46. The molecule has 2 N–H and O–H groups in total. The van der Waals surface area contributed by atoms with Crippen LogP contribution in [0.25, 0.3) is 0 Å². The Morgan fingerprint density at radius 2 is 1.76 bits per heavy atom. The van der Waals surface area contributed by atoms with Gasteiger partial charge in [-0.1, -0.05) is 27.7 Å². The number of ether oxygens (including phenoxy) is 1. The minimum Gasteiger partial charge on any atom is -0.478 e. The van der Waals surface area contributed by atoms with Crippen LogP contribution in [0.1, 0.15) is 41.0 Å². The van der Waals surface area contributed by atoms with Gasteiger partial charge in [0, 0.05) is 18.9 Å². The summed E-state index contributed by atoms with van der Waals surface area (Å²) in [5, 5.41) is 11.7. The summed E-state index contributed by atoms with van der Waals surface area (Å²) in [7, 11) is -3.90. The van der Waals surface area contributed by atoms with Crippen LogP contribution in [-0.4, -0.2) is 56.4 Å². The molecule has 0 aromatic heterocycles. The SMILES string of the molecule is CC(=O)NCCCS(=O)(=O)OCC(C)(C)[C@@H](OC(=O)C(C)C)C(=O)O. The van der Waals surface area contributed by atoms with Crippen molar-refractivity contribution in [2.75, 3.05) is 18.9 Å². The van der Waals surface area contributed by atoms with E-state index in [1.807, 2.05) is 0 Å². The van der Waals surface area contributed by atoms with Gasteiger partial charge in [-0.15, -0.1) is 0 Å². The molecular weight excluding hydrogens is 354 g/mol. The monoisotopic (exact) mass is 381 g/mol. The van der Waals surface area contributed by atoms with E-state index in [1.165, 1.54) is 20.8 Å². The predicted molar refractivity (Wildman–Crippen MR) is 89.2 cm³/mol. The van der Waals surface area contributed by atoms with Gasteiger partial charge >= 0.3 is 11.9 Å². The Morgan fingerprint density at radius 3 is 2.20 bits per heavy atom. The molecule has 146 valence electrons. The van der Waals surface area contributed by atoms with Gasteiger partial charge in [-0.05, 0) is 6.42 Å². The molecule has 0 rings (SSSR count). The van der Waals surface area contributed by atoms with Crippen LogP contribution >= 0.6 is 0 Å². The van der Waals surface area contributed by atoms with Gasteiger partial charge in [0.15, 0.2) is 0 Å². The molecule has 0 aliphatic heterocycles. The second-order valence-electron chi connectivity index (χ2n) is 6.66. The quantitative estimate of drug-likeness (QED) is 0.301. The first-order valence-corrected chi connectivity index (χ1v) is 9.41. The molecule has 0 aliphatic rings. The van der Waals surface area contributed by atoms with Crippen LogP contribution in [-0.2, 0) is 33.4 Å². The lowest BCUT2D eigenvalue weighted by Crippen LogP contribution is -2.44. The third kappa shape index (κ3) is 9.40. The molecule has 9 nitrogen and oxygen atoms in total. The van der Waals surface area contributed by atoms with E-state index in [0.29, 0.717) is 0 Å². The Labute approximate surface area is 148 Å². The first kappa shape index (κ1) is 23.3. The Morgan fingerprint density at radius 1 is 1.20 bits per heavy atom. The molecular formula is C15H27NO8S. The van der Waals surface area contributed by atoms with Crippen molar-refractivity contribution in [2.45, 2.75) is 47.1 Å². The maximum atomic E-state index is 11.9. The number of aliphatic carboxylic acids is 1. The van der Waals surface area contributed by atoms with Crippen LogP contribution in [0, 0.1) is 11.3 Å². The number of esters is 1. The van der Waals surface area contributed by atoms with E-state index in [-0.39, 0.29) is 24.6 Å². The average molecular weight is 381 g/mol. The van der Waals surface area contributed by atoms with Crippen molar-refractivity contribution in [1.82, 2.24) is 5.32 Å². The summed E-state index contributed by atoms with van der Waals surface area (Å²) in [6, 6.07) is 0.